The van der Waals surface area contributed by atoms with Crippen molar-refractivity contribution in [1.82, 2.24) is 15.1 Å². The van der Waals surface area contributed by atoms with Crippen molar-refractivity contribution in [2.75, 3.05) is 25.0 Å². The van der Waals surface area contributed by atoms with Crippen LogP contribution in [0.15, 0.2) is 0 Å². The Kier molecular flexibility index (Phi) is 3.05. The third-order valence-electron chi connectivity index (χ3n) is 3.53. The van der Waals surface area contributed by atoms with Gasteiger partial charge >= 0.3 is 0 Å². The molecule has 1 aromatic rings. The minimum absolute atomic E-state index is 0.0834. The molecule has 1 atom stereocenters. The number of fused-ring (bicyclic) bond motifs is 1. The van der Waals surface area contributed by atoms with Gasteiger partial charge in [-0.15, -0.1) is 0 Å². The number of amides is 1. The second-order valence-electron chi connectivity index (χ2n) is 4.80. The van der Waals surface area contributed by atoms with E-state index in [1.807, 2.05) is 7.05 Å². The number of nitrogens with one attached hydrogen (secondary N) is 2. The van der Waals surface area contributed by atoms with Crippen LogP contribution in [0.25, 0.3) is 0 Å². The summed E-state index contributed by atoms with van der Waals surface area (Å²) in [6, 6.07) is 0. The van der Waals surface area contributed by atoms with Crippen LogP contribution < -0.4 is 10.6 Å². The van der Waals surface area contributed by atoms with Crippen molar-refractivity contribution >= 4 is 11.7 Å². The first-order chi connectivity index (χ1) is 8.75. The lowest BCUT2D eigenvalue weighted by Crippen LogP contribution is -2.45. The minimum atomic E-state index is -0.397. The number of carbonyl (C=O) groups is 1. The van der Waals surface area contributed by atoms with Crippen LogP contribution in [0.3, 0.4) is 0 Å². The highest BCUT2D eigenvalue weighted by molar-refractivity contribution is 5.94. The Hall–Kier alpha value is -1.40. The van der Waals surface area contributed by atoms with Gasteiger partial charge < -0.3 is 15.4 Å². The van der Waals surface area contributed by atoms with Crippen molar-refractivity contribution < 1.29 is 9.53 Å². The predicted molar refractivity (Wildman–Crippen MR) is 66.5 cm³/mol. The van der Waals surface area contributed by atoms with Crippen molar-refractivity contribution in [2.45, 2.75) is 25.4 Å². The van der Waals surface area contributed by atoms with Gasteiger partial charge in [0.1, 0.15) is 11.9 Å². The number of aryl methyl sites for hydroxylation is 2. The SMILES string of the molecule is Cn1nc2c(c1NC(=O)C1CNCCO1)CCC2. The van der Waals surface area contributed by atoms with Crippen molar-refractivity contribution in [3.8, 4) is 0 Å². The summed E-state index contributed by atoms with van der Waals surface area (Å²) in [4.78, 5) is 12.1. The van der Waals surface area contributed by atoms with Crippen LogP contribution in [-0.4, -0.2) is 41.5 Å². The van der Waals surface area contributed by atoms with Gasteiger partial charge in [0.25, 0.3) is 5.91 Å². The van der Waals surface area contributed by atoms with Gasteiger partial charge in [-0.2, -0.15) is 5.10 Å². The fourth-order valence-corrected chi connectivity index (χ4v) is 2.61. The number of rotatable bonds is 2. The smallest absolute Gasteiger partial charge is 0.255 e. The van der Waals surface area contributed by atoms with E-state index < -0.39 is 6.10 Å². The summed E-state index contributed by atoms with van der Waals surface area (Å²) in [7, 11) is 1.87. The van der Waals surface area contributed by atoms with Crippen LogP contribution in [-0.2, 0) is 29.4 Å². The Labute approximate surface area is 106 Å². The molecule has 1 aromatic heterocycles. The van der Waals surface area contributed by atoms with E-state index in [1.54, 1.807) is 4.68 Å². The molecule has 98 valence electrons. The zero-order chi connectivity index (χ0) is 12.5. The van der Waals surface area contributed by atoms with Crippen LogP contribution in [0.5, 0.6) is 0 Å². The van der Waals surface area contributed by atoms with E-state index in [-0.39, 0.29) is 5.91 Å². The molecular formula is C12H18N4O2. The highest BCUT2D eigenvalue weighted by Gasteiger charge is 2.26. The third kappa shape index (κ3) is 2.02. The molecule has 3 rings (SSSR count). The molecule has 1 fully saturated rings. The van der Waals surface area contributed by atoms with Gasteiger partial charge in [0, 0.05) is 25.7 Å². The first kappa shape index (κ1) is 11.7. The minimum Gasteiger partial charge on any atom is -0.366 e. The molecule has 1 aliphatic carbocycles. The quantitative estimate of drug-likeness (QED) is 0.765. The topological polar surface area (TPSA) is 68.2 Å². The monoisotopic (exact) mass is 250 g/mol. The van der Waals surface area contributed by atoms with E-state index in [1.165, 1.54) is 5.56 Å². The molecule has 0 aromatic carbocycles. The zero-order valence-electron chi connectivity index (χ0n) is 10.5. The first-order valence-corrected chi connectivity index (χ1v) is 6.43. The molecule has 2 N–H and O–H groups in total. The normalized spacial score (nSPS) is 22.8. The molecule has 0 spiro atoms. The molecule has 1 amide bonds. The van der Waals surface area contributed by atoms with Crippen LogP contribution >= 0.6 is 0 Å². The van der Waals surface area contributed by atoms with Crippen molar-refractivity contribution in [2.24, 2.45) is 7.05 Å². The van der Waals surface area contributed by atoms with Crippen molar-refractivity contribution in [1.29, 1.82) is 0 Å². The number of ether oxygens (including phenoxy) is 1. The largest absolute Gasteiger partial charge is 0.366 e. The maximum absolute atomic E-state index is 12.1. The standard InChI is InChI=1S/C12H18N4O2/c1-16-11(8-3-2-4-9(8)15-16)14-12(17)10-7-13-5-6-18-10/h10,13H,2-7H2,1H3,(H,14,17). The lowest BCUT2D eigenvalue weighted by molar-refractivity contribution is -0.128. The zero-order valence-corrected chi connectivity index (χ0v) is 10.5. The van der Waals surface area contributed by atoms with Crippen LogP contribution in [0, 0.1) is 0 Å². The van der Waals surface area contributed by atoms with Gasteiger partial charge in [0.15, 0.2) is 0 Å². The second-order valence-corrected chi connectivity index (χ2v) is 4.80. The van der Waals surface area contributed by atoms with Gasteiger partial charge in [0.2, 0.25) is 0 Å². The average molecular weight is 250 g/mol. The van der Waals surface area contributed by atoms with E-state index in [0.29, 0.717) is 13.2 Å². The molecule has 1 unspecified atom stereocenters. The number of hydrogen-bond donors (Lipinski definition) is 2. The van der Waals surface area contributed by atoms with Gasteiger partial charge in [0.05, 0.1) is 12.3 Å². The van der Waals surface area contributed by atoms with Gasteiger partial charge in [-0.25, -0.2) is 0 Å². The molecular weight excluding hydrogens is 232 g/mol. The number of anilines is 1. The fourth-order valence-electron chi connectivity index (χ4n) is 2.61. The van der Waals surface area contributed by atoms with Crippen LogP contribution in [0.4, 0.5) is 5.82 Å². The third-order valence-corrected chi connectivity index (χ3v) is 3.53. The molecule has 0 saturated carbocycles. The Morgan fingerprint density at radius 3 is 3.22 bits per heavy atom. The number of nitrogens with zero attached hydrogens (tertiary/aromatic N) is 2. The number of morpholine rings is 1. The Morgan fingerprint density at radius 1 is 1.56 bits per heavy atom. The van der Waals surface area contributed by atoms with Crippen LogP contribution in [0.1, 0.15) is 17.7 Å². The number of carbonyl (C=O) groups excluding carboxylic acids is 1. The molecule has 6 heteroatoms. The molecule has 2 heterocycles. The summed E-state index contributed by atoms with van der Waals surface area (Å²) < 4.78 is 7.21. The van der Waals surface area contributed by atoms with Crippen molar-refractivity contribution in [3.05, 3.63) is 11.3 Å². The average Bonchev–Trinajstić information content (AvgIpc) is 2.94. The predicted octanol–water partition coefficient (Wildman–Crippen LogP) is -0.164. The van der Waals surface area contributed by atoms with E-state index in [0.717, 1.165) is 37.3 Å². The van der Waals surface area contributed by atoms with Gasteiger partial charge in [-0.05, 0) is 19.3 Å². The Bertz CT molecular complexity index is 463. The Morgan fingerprint density at radius 2 is 2.44 bits per heavy atom. The molecule has 6 nitrogen and oxygen atoms in total. The lowest BCUT2D eigenvalue weighted by atomic mass is 10.2. The maximum atomic E-state index is 12.1. The second kappa shape index (κ2) is 4.70. The van der Waals surface area contributed by atoms with Crippen LogP contribution in [0.2, 0.25) is 0 Å². The first-order valence-electron chi connectivity index (χ1n) is 6.43. The van der Waals surface area contributed by atoms with E-state index in [9.17, 15) is 4.79 Å². The summed E-state index contributed by atoms with van der Waals surface area (Å²) in [5.74, 6) is 0.751. The summed E-state index contributed by atoms with van der Waals surface area (Å²) in [6.45, 7) is 1.97. The van der Waals surface area contributed by atoms with Crippen molar-refractivity contribution in [3.63, 3.8) is 0 Å². The number of hydrogen-bond acceptors (Lipinski definition) is 4. The maximum Gasteiger partial charge on any atom is 0.255 e. The highest BCUT2D eigenvalue weighted by atomic mass is 16.5. The highest BCUT2D eigenvalue weighted by Crippen LogP contribution is 2.28. The van der Waals surface area contributed by atoms with E-state index >= 15 is 0 Å². The molecule has 18 heavy (non-hydrogen) atoms. The summed E-state index contributed by atoms with van der Waals surface area (Å²) in [5, 5.41) is 10.5. The molecule has 1 saturated heterocycles. The van der Waals surface area contributed by atoms with Gasteiger partial charge in [-0.1, -0.05) is 0 Å². The molecule has 2 aliphatic rings. The van der Waals surface area contributed by atoms with Gasteiger partial charge in [-0.3, -0.25) is 9.48 Å². The summed E-state index contributed by atoms with van der Waals surface area (Å²) >= 11 is 0. The molecule has 0 bridgehead atoms. The summed E-state index contributed by atoms with van der Waals surface area (Å²) in [5.41, 5.74) is 2.31. The van der Waals surface area contributed by atoms with E-state index in [2.05, 4.69) is 15.7 Å². The number of aromatic nitrogens is 2. The summed E-state index contributed by atoms with van der Waals surface area (Å²) in [6.07, 6.45) is 2.75. The molecule has 1 aliphatic heterocycles. The lowest BCUT2D eigenvalue weighted by Gasteiger charge is -2.22. The van der Waals surface area contributed by atoms with E-state index in [4.69, 9.17) is 4.74 Å². The Balaban J connectivity index is 1.74. The fraction of sp³-hybridized carbons (Fsp3) is 0.667. The molecule has 0 radical (unpaired) electrons.